The molecule has 5 nitrogen and oxygen atoms in total. The van der Waals surface area contributed by atoms with Gasteiger partial charge in [-0.25, -0.2) is 18.7 Å². The van der Waals surface area contributed by atoms with Crippen LogP contribution in [0.4, 0.5) is 14.6 Å². The summed E-state index contributed by atoms with van der Waals surface area (Å²) in [7, 11) is 0. The number of amides is 1. The molecule has 7 heteroatoms. The molecular formula is C21H19F2N3O2. The second-order valence-electron chi connectivity index (χ2n) is 6.23. The van der Waals surface area contributed by atoms with Gasteiger partial charge >= 0.3 is 0 Å². The van der Waals surface area contributed by atoms with Crippen molar-refractivity contribution in [2.75, 3.05) is 5.32 Å². The Bertz CT molecular complexity index is 991. The molecule has 2 aromatic carbocycles. The molecule has 3 aromatic rings. The summed E-state index contributed by atoms with van der Waals surface area (Å²) in [6.07, 6.45) is 2.00. The molecule has 144 valence electrons. The van der Waals surface area contributed by atoms with E-state index in [2.05, 4.69) is 15.3 Å². The molecule has 28 heavy (non-hydrogen) atoms. The molecular weight excluding hydrogens is 364 g/mol. The van der Waals surface area contributed by atoms with E-state index in [1.807, 2.05) is 19.1 Å². The first-order valence-electron chi connectivity index (χ1n) is 8.80. The zero-order chi connectivity index (χ0) is 20.1. The summed E-state index contributed by atoms with van der Waals surface area (Å²) in [5, 5.41) is 11.8. The first kappa shape index (κ1) is 19.6. The number of carbonyl (C=O) groups is 1. The normalized spacial score (nSPS) is 10.7. The summed E-state index contributed by atoms with van der Waals surface area (Å²) < 4.78 is 26.3. The van der Waals surface area contributed by atoms with E-state index in [4.69, 9.17) is 5.11 Å². The van der Waals surface area contributed by atoms with Gasteiger partial charge in [0.15, 0.2) is 17.5 Å². The SMILES string of the molecule is CCc1nc(-c2ccc(CO)cc2)cnc1NC(=O)Cc1ccc(F)c(F)c1. The average Bonchev–Trinajstić information content (AvgIpc) is 2.71. The third kappa shape index (κ3) is 4.55. The minimum absolute atomic E-state index is 0.0326. The molecule has 0 spiro atoms. The number of hydrogen-bond donors (Lipinski definition) is 2. The largest absolute Gasteiger partial charge is 0.392 e. The number of aromatic nitrogens is 2. The molecule has 2 N–H and O–H groups in total. The van der Waals surface area contributed by atoms with Crippen LogP contribution in [0.15, 0.2) is 48.7 Å². The van der Waals surface area contributed by atoms with Gasteiger partial charge in [0.25, 0.3) is 0 Å². The standard InChI is InChI=1S/C21H19F2N3O2/c1-2-18-21(26-20(28)10-14-5-8-16(22)17(23)9-14)24-11-19(25-18)15-6-3-13(12-27)4-7-15/h3-9,11,27H,2,10,12H2,1H3,(H,24,26,28). The maximum atomic E-state index is 13.3. The van der Waals surface area contributed by atoms with Crippen molar-refractivity contribution in [2.45, 2.75) is 26.4 Å². The van der Waals surface area contributed by atoms with Gasteiger partial charge in [0.05, 0.1) is 30.6 Å². The molecule has 0 aliphatic rings. The first-order valence-corrected chi connectivity index (χ1v) is 8.80. The minimum atomic E-state index is -0.990. The molecule has 0 unspecified atom stereocenters. The van der Waals surface area contributed by atoms with Crippen LogP contribution in [-0.2, 0) is 24.2 Å². The molecule has 0 aliphatic carbocycles. The van der Waals surface area contributed by atoms with Gasteiger partial charge in [-0.3, -0.25) is 4.79 Å². The number of anilines is 1. The second-order valence-corrected chi connectivity index (χ2v) is 6.23. The molecule has 3 rings (SSSR count). The van der Waals surface area contributed by atoms with Crippen molar-refractivity contribution in [2.24, 2.45) is 0 Å². The zero-order valence-electron chi connectivity index (χ0n) is 15.2. The van der Waals surface area contributed by atoms with Gasteiger partial charge in [-0.2, -0.15) is 0 Å². The van der Waals surface area contributed by atoms with Crippen molar-refractivity contribution in [3.8, 4) is 11.3 Å². The van der Waals surface area contributed by atoms with Crippen molar-refractivity contribution in [3.05, 3.63) is 77.1 Å². The van der Waals surface area contributed by atoms with E-state index in [-0.39, 0.29) is 13.0 Å². The quantitative estimate of drug-likeness (QED) is 0.681. The van der Waals surface area contributed by atoms with Gasteiger partial charge in [-0.15, -0.1) is 0 Å². The Kier molecular flexibility index (Phi) is 6.06. The number of carbonyl (C=O) groups excluding carboxylic acids is 1. The number of benzene rings is 2. The number of halogens is 2. The third-order valence-electron chi connectivity index (χ3n) is 4.22. The summed E-state index contributed by atoms with van der Waals surface area (Å²) in [4.78, 5) is 21.1. The molecule has 0 fully saturated rings. The lowest BCUT2D eigenvalue weighted by Gasteiger charge is -2.11. The Morgan fingerprint density at radius 2 is 1.79 bits per heavy atom. The van der Waals surface area contributed by atoms with Crippen molar-refractivity contribution < 1.29 is 18.7 Å². The molecule has 0 aliphatic heterocycles. The van der Waals surface area contributed by atoms with Crippen LogP contribution in [0.2, 0.25) is 0 Å². The summed E-state index contributed by atoms with van der Waals surface area (Å²) in [6, 6.07) is 10.7. The van der Waals surface area contributed by atoms with E-state index >= 15 is 0 Å². The van der Waals surface area contributed by atoms with Crippen LogP contribution in [-0.4, -0.2) is 21.0 Å². The average molecular weight is 383 g/mol. The topological polar surface area (TPSA) is 75.1 Å². The van der Waals surface area contributed by atoms with Gasteiger partial charge in [0, 0.05) is 5.56 Å². The van der Waals surface area contributed by atoms with Gasteiger partial charge in [0.1, 0.15) is 0 Å². The molecule has 0 bridgehead atoms. The van der Waals surface area contributed by atoms with Crippen LogP contribution >= 0.6 is 0 Å². The lowest BCUT2D eigenvalue weighted by atomic mass is 10.1. The highest BCUT2D eigenvalue weighted by Gasteiger charge is 2.12. The van der Waals surface area contributed by atoms with Gasteiger partial charge in [-0.05, 0) is 29.7 Å². The number of hydrogen-bond acceptors (Lipinski definition) is 4. The van der Waals surface area contributed by atoms with Gasteiger partial charge in [-0.1, -0.05) is 37.3 Å². The molecule has 0 atom stereocenters. The summed E-state index contributed by atoms with van der Waals surface area (Å²) in [5.41, 5.74) is 3.28. The lowest BCUT2D eigenvalue weighted by Crippen LogP contribution is -2.17. The summed E-state index contributed by atoms with van der Waals surface area (Å²) in [5.74, 6) is -2.00. The fourth-order valence-electron chi connectivity index (χ4n) is 2.71. The third-order valence-corrected chi connectivity index (χ3v) is 4.22. The Labute approximate surface area is 161 Å². The number of aryl methyl sites for hydroxylation is 1. The predicted molar refractivity (Wildman–Crippen MR) is 101 cm³/mol. The number of aliphatic hydroxyl groups excluding tert-OH is 1. The second kappa shape index (κ2) is 8.67. The fourth-order valence-corrected chi connectivity index (χ4v) is 2.71. The number of aliphatic hydroxyl groups is 1. The van der Waals surface area contributed by atoms with E-state index in [0.717, 1.165) is 23.3 Å². The summed E-state index contributed by atoms with van der Waals surface area (Å²) >= 11 is 0. The molecule has 0 saturated carbocycles. The van der Waals surface area contributed by atoms with Crippen molar-refractivity contribution >= 4 is 11.7 Å². The van der Waals surface area contributed by atoms with E-state index in [9.17, 15) is 13.6 Å². The number of nitrogens with one attached hydrogen (secondary N) is 1. The predicted octanol–water partition coefficient (Wildman–Crippen LogP) is 3.66. The highest BCUT2D eigenvalue weighted by Crippen LogP contribution is 2.21. The van der Waals surface area contributed by atoms with E-state index < -0.39 is 17.5 Å². The Hall–Kier alpha value is -3.19. The van der Waals surface area contributed by atoms with Crippen LogP contribution in [0.1, 0.15) is 23.7 Å². The zero-order valence-corrected chi connectivity index (χ0v) is 15.2. The van der Waals surface area contributed by atoms with Crippen molar-refractivity contribution in [3.63, 3.8) is 0 Å². The molecule has 0 radical (unpaired) electrons. The van der Waals surface area contributed by atoms with Crippen LogP contribution < -0.4 is 5.32 Å². The maximum absolute atomic E-state index is 13.3. The lowest BCUT2D eigenvalue weighted by molar-refractivity contribution is -0.115. The van der Waals surface area contributed by atoms with Crippen molar-refractivity contribution in [1.29, 1.82) is 0 Å². The molecule has 1 aromatic heterocycles. The minimum Gasteiger partial charge on any atom is -0.392 e. The van der Waals surface area contributed by atoms with Gasteiger partial charge in [0.2, 0.25) is 5.91 Å². The first-order chi connectivity index (χ1) is 13.5. The van der Waals surface area contributed by atoms with E-state index in [1.54, 1.807) is 18.3 Å². The molecule has 0 saturated heterocycles. The van der Waals surface area contributed by atoms with E-state index in [1.165, 1.54) is 6.07 Å². The Morgan fingerprint density at radius 3 is 2.43 bits per heavy atom. The van der Waals surface area contributed by atoms with Crippen LogP contribution in [0, 0.1) is 11.6 Å². The monoisotopic (exact) mass is 383 g/mol. The number of rotatable bonds is 6. The number of nitrogens with zero attached hydrogens (tertiary/aromatic N) is 2. The van der Waals surface area contributed by atoms with Gasteiger partial charge < -0.3 is 10.4 Å². The fraction of sp³-hybridized carbons (Fsp3) is 0.190. The maximum Gasteiger partial charge on any atom is 0.229 e. The Balaban J connectivity index is 1.76. The highest BCUT2D eigenvalue weighted by molar-refractivity contribution is 5.91. The van der Waals surface area contributed by atoms with Crippen LogP contribution in [0.3, 0.4) is 0 Å². The van der Waals surface area contributed by atoms with Crippen molar-refractivity contribution in [1.82, 2.24) is 9.97 Å². The van der Waals surface area contributed by atoms with E-state index in [0.29, 0.717) is 29.2 Å². The highest BCUT2D eigenvalue weighted by atomic mass is 19.2. The van der Waals surface area contributed by atoms with Crippen LogP contribution in [0.25, 0.3) is 11.3 Å². The Morgan fingerprint density at radius 1 is 1.07 bits per heavy atom. The smallest absolute Gasteiger partial charge is 0.229 e. The molecule has 1 amide bonds. The van der Waals surface area contributed by atoms with Crippen LogP contribution in [0.5, 0.6) is 0 Å². The molecule has 1 heterocycles. The summed E-state index contributed by atoms with van der Waals surface area (Å²) in [6.45, 7) is 1.86.